The molecule has 1 heterocycles. The van der Waals surface area contributed by atoms with Gasteiger partial charge in [-0.05, 0) is 60.0 Å². The quantitative estimate of drug-likeness (QED) is 0.776. The van der Waals surface area contributed by atoms with Gasteiger partial charge >= 0.3 is 0 Å². The fraction of sp³-hybridized carbons (Fsp3) is 0.312. The van der Waals surface area contributed by atoms with Crippen LogP contribution in [0.2, 0.25) is 5.02 Å². The Labute approximate surface area is 137 Å². The molecule has 1 aromatic carbocycles. The van der Waals surface area contributed by atoms with Crippen molar-refractivity contribution >= 4 is 33.4 Å². The predicted molar refractivity (Wildman–Crippen MR) is 85.5 cm³/mol. The van der Waals surface area contributed by atoms with Gasteiger partial charge in [-0.25, -0.2) is 0 Å². The van der Waals surface area contributed by atoms with Crippen LogP contribution in [0.5, 0.6) is 0 Å². The minimum absolute atomic E-state index is 0.0437. The fourth-order valence-corrected chi connectivity index (χ4v) is 2.89. The van der Waals surface area contributed by atoms with Crippen LogP contribution in [0.25, 0.3) is 0 Å². The summed E-state index contributed by atoms with van der Waals surface area (Å²) in [6.07, 6.45) is 2.08. The summed E-state index contributed by atoms with van der Waals surface area (Å²) in [7, 11) is 0. The van der Waals surface area contributed by atoms with E-state index < -0.39 is 0 Å². The normalized spacial score (nSPS) is 14.2. The summed E-state index contributed by atoms with van der Waals surface area (Å²) in [6.45, 7) is 2.39. The smallest absolute Gasteiger partial charge is 0.256 e. The van der Waals surface area contributed by atoms with E-state index in [0.29, 0.717) is 17.1 Å². The number of aryl methyl sites for hydroxylation is 1. The van der Waals surface area contributed by atoms with E-state index in [0.717, 1.165) is 28.8 Å². The summed E-state index contributed by atoms with van der Waals surface area (Å²) in [5.41, 5.74) is 0.529. The lowest BCUT2D eigenvalue weighted by molar-refractivity contribution is 0.0717. The van der Waals surface area contributed by atoms with Crippen molar-refractivity contribution in [3.8, 4) is 0 Å². The second-order valence-corrected chi connectivity index (χ2v) is 6.51. The van der Waals surface area contributed by atoms with Crippen LogP contribution in [-0.2, 0) is 6.54 Å². The molecule has 1 aliphatic rings. The molecule has 0 atom stereocenters. The molecule has 21 heavy (non-hydrogen) atoms. The van der Waals surface area contributed by atoms with E-state index in [2.05, 4.69) is 15.9 Å². The molecule has 0 spiro atoms. The third-order valence-corrected chi connectivity index (χ3v) is 4.85. The number of carbonyl (C=O) groups excluding carboxylic acids is 1. The Hall–Kier alpha value is -1.26. The lowest BCUT2D eigenvalue weighted by atomic mass is 10.2. The molecule has 0 bridgehead atoms. The second-order valence-electron chi connectivity index (χ2n) is 5.28. The van der Waals surface area contributed by atoms with Crippen LogP contribution in [0.1, 0.15) is 34.7 Å². The first-order valence-electron chi connectivity index (χ1n) is 6.86. The van der Waals surface area contributed by atoms with E-state index in [9.17, 15) is 4.79 Å². The van der Waals surface area contributed by atoms with Gasteiger partial charge in [-0.15, -0.1) is 0 Å². The number of hydrogen-bond acceptors (Lipinski definition) is 2. The molecule has 2 aromatic rings. The third kappa shape index (κ3) is 3.16. The Bertz CT molecular complexity index is 679. The van der Waals surface area contributed by atoms with Crippen LogP contribution in [0.15, 0.2) is 39.2 Å². The zero-order chi connectivity index (χ0) is 15.0. The number of amides is 1. The maximum Gasteiger partial charge on any atom is 0.256 e. The number of rotatable bonds is 4. The summed E-state index contributed by atoms with van der Waals surface area (Å²) in [5, 5.41) is 0.462. The summed E-state index contributed by atoms with van der Waals surface area (Å²) >= 11 is 9.61. The van der Waals surface area contributed by atoms with Gasteiger partial charge in [0.15, 0.2) is 0 Å². The van der Waals surface area contributed by atoms with Gasteiger partial charge in [0.2, 0.25) is 0 Å². The van der Waals surface area contributed by atoms with E-state index in [1.54, 1.807) is 6.07 Å². The number of halogens is 2. The van der Waals surface area contributed by atoms with Crippen molar-refractivity contribution in [2.75, 3.05) is 0 Å². The first kappa shape index (κ1) is 14.7. The molecule has 0 radical (unpaired) electrons. The Balaban J connectivity index is 1.87. The minimum Gasteiger partial charge on any atom is -0.464 e. The van der Waals surface area contributed by atoms with Crippen LogP contribution in [0.3, 0.4) is 0 Å². The molecular weight excluding hydrogens is 354 g/mol. The van der Waals surface area contributed by atoms with Crippen molar-refractivity contribution in [2.45, 2.75) is 32.4 Å². The Morgan fingerprint density at radius 1 is 1.38 bits per heavy atom. The first-order valence-corrected chi connectivity index (χ1v) is 8.03. The number of nitrogens with zero attached hydrogens (tertiary/aromatic N) is 1. The third-order valence-electron chi connectivity index (χ3n) is 3.55. The van der Waals surface area contributed by atoms with Crippen LogP contribution in [-0.4, -0.2) is 16.8 Å². The highest BCUT2D eigenvalue weighted by Crippen LogP contribution is 2.33. The molecule has 1 aliphatic carbocycles. The van der Waals surface area contributed by atoms with Crippen molar-refractivity contribution in [3.63, 3.8) is 0 Å². The largest absolute Gasteiger partial charge is 0.464 e. The predicted octanol–water partition coefficient (Wildman–Crippen LogP) is 4.81. The van der Waals surface area contributed by atoms with Crippen LogP contribution >= 0.6 is 27.5 Å². The second kappa shape index (κ2) is 5.85. The van der Waals surface area contributed by atoms with E-state index in [4.69, 9.17) is 16.0 Å². The van der Waals surface area contributed by atoms with Crippen molar-refractivity contribution in [1.29, 1.82) is 0 Å². The molecule has 5 heteroatoms. The Morgan fingerprint density at radius 3 is 2.76 bits per heavy atom. The average Bonchev–Trinajstić information content (AvgIpc) is 3.22. The zero-order valence-corrected chi connectivity index (χ0v) is 13.9. The highest BCUT2D eigenvalue weighted by atomic mass is 79.9. The van der Waals surface area contributed by atoms with E-state index in [1.807, 2.05) is 36.1 Å². The van der Waals surface area contributed by atoms with Crippen molar-refractivity contribution in [1.82, 2.24) is 4.90 Å². The monoisotopic (exact) mass is 367 g/mol. The van der Waals surface area contributed by atoms with Gasteiger partial charge in [0, 0.05) is 10.5 Å². The van der Waals surface area contributed by atoms with E-state index >= 15 is 0 Å². The van der Waals surface area contributed by atoms with Crippen LogP contribution < -0.4 is 0 Å². The maximum atomic E-state index is 12.8. The van der Waals surface area contributed by atoms with Crippen molar-refractivity contribution < 1.29 is 9.21 Å². The van der Waals surface area contributed by atoms with Crippen LogP contribution in [0, 0.1) is 6.92 Å². The van der Waals surface area contributed by atoms with Gasteiger partial charge in [-0.3, -0.25) is 4.79 Å². The van der Waals surface area contributed by atoms with Gasteiger partial charge < -0.3 is 9.32 Å². The maximum absolute atomic E-state index is 12.8. The topological polar surface area (TPSA) is 33.5 Å². The van der Waals surface area contributed by atoms with Gasteiger partial charge in [0.05, 0.1) is 17.1 Å². The van der Waals surface area contributed by atoms with Gasteiger partial charge in [-0.2, -0.15) is 0 Å². The average molecular weight is 369 g/mol. The van der Waals surface area contributed by atoms with Crippen molar-refractivity contribution in [2.24, 2.45) is 0 Å². The molecule has 1 saturated carbocycles. The van der Waals surface area contributed by atoms with E-state index in [-0.39, 0.29) is 11.9 Å². The highest BCUT2D eigenvalue weighted by Gasteiger charge is 2.34. The molecule has 1 fully saturated rings. The molecule has 0 N–H and O–H groups in total. The van der Waals surface area contributed by atoms with Crippen LogP contribution in [0.4, 0.5) is 0 Å². The highest BCUT2D eigenvalue weighted by molar-refractivity contribution is 9.10. The number of hydrogen-bond donors (Lipinski definition) is 0. The summed E-state index contributed by atoms with van der Waals surface area (Å²) in [6, 6.07) is 9.54. The van der Waals surface area contributed by atoms with Crippen molar-refractivity contribution in [3.05, 3.63) is 56.9 Å². The van der Waals surface area contributed by atoms with Gasteiger partial charge in [0.1, 0.15) is 11.5 Å². The number of furan rings is 1. The summed E-state index contributed by atoms with van der Waals surface area (Å²) in [4.78, 5) is 14.6. The first-order chi connectivity index (χ1) is 10.1. The standard InChI is InChI=1S/C16H15BrClNO2/c1-10-5-8-12(21-10)9-19(11-6-7-11)16(20)13-3-2-4-14(17)15(13)18/h2-5,8,11H,6-7,9H2,1H3. The van der Waals surface area contributed by atoms with Gasteiger partial charge in [-0.1, -0.05) is 17.7 Å². The fourth-order valence-electron chi connectivity index (χ4n) is 2.31. The summed E-state index contributed by atoms with van der Waals surface area (Å²) < 4.78 is 6.33. The lowest BCUT2D eigenvalue weighted by Crippen LogP contribution is -2.32. The molecule has 0 aliphatic heterocycles. The Kier molecular flexibility index (Phi) is 4.09. The molecule has 1 aromatic heterocycles. The Morgan fingerprint density at radius 2 is 2.14 bits per heavy atom. The molecule has 0 unspecified atom stereocenters. The SMILES string of the molecule is Cc1ccc(CN(C(=O)c2cccc(Br)c2Cl)C2CC2)o1. The number of benzene rings is 1. The lowest BCUT2D eigenvalue weighted by Gasteiger charge is -2.22. The molecule has 0 saturated heterocycles. The number of carbonyl (C=O) groups is 1. The van der Waals surface area contributed by atoms with E-state index in [1.165, 1.54) is 0 Å². The minimum atomic E-state index is -0.0437. The molecule has 1 amide bonds. The van der Waals surface area contributed by atoms with Gasteiger partial charge in [0.25, 0.3) is 5.91 Å². The molecular formula is C16H15BrClNO2. The molecule has 3 rings (SSSR count). The molecule has 3 nitrogen and oxygen atoms in total. The zero-order valence-electron chi connectivity index (χ0n) is 11.6. The molecule has 110 valence electrons. The summed E-state index contributed by atoms with van der Waals surface area (Å²) in [5.74, 6) is 1.62.